The summed E-state index contributed by atoms with van der Waals surface area (Å²) in [6.07, 6.45) is 0. The van der Waals surface area contributed by atoms with E-state index in [2.05, 4.69) is 21.0 Å². The minimum Gasteiger partial charge on any atom is -0.493 e. The molecule has 1 N–H and O–H groups in total. The molecule has 0 aliphatic heterocycles. The second-order valence-electron chi connectivity index (χ2n) is 4.22. The van der Waals surface area contributed by atoms with Crippen LogP contribution in [0.4, 0.5) is 4.39 Å². The summed E-state index contributed by atoms with van der Waals surface area (Å²) in [5.41, 5.74) is 1.58. The molecule has 106 valence electrons. The van der Waals surface area contributed by atoms with Crippen LogP contribution in [0.15, 0.2) is 16.6 Å². The number of hydrogen-bond acceptors (Lipinski definition) is 3. The van der Waals surface area contributed by atoms with Crippen LogP contribution in [0.5, 0.6) is 5.75 Å². The molecule has 0 aliphatic rings. The van der Waals surface area contributed by atoms with Gasteiger partial charge >= 0.3 is 5.97 Å². The number of ether oxygens (including phenoxy) is 1. The van der Waals surface area contributed by atoms with Gasteiger partial charge in [0.1, 0.15) is 0 Å². The molecule has 0 spiro atoms. The minimum atomic E-state index is -1.14. The highest BCUT2D eigenvalue weighted by molar-refractivity contribution is 9.10. The third-order valence-electron chi connectivity index (χ3n) is 2.99. The molecule has 0 amide bonds. The summed E-state index contributed by atoms with van der Waals surface area (Å²) in [7, 11) is 2.96. The van der Waals surface area contributed by atoms with Gasteiger partial charge in [0.25, 0.3) is 0 Å². The van der Waals surface area contributed by atoms with Crippen molar-refractivity contribution in [1.82, 2.24) is 9.78 Å². The van der Waals surface area contributed by atoms with Gasteiger partial charge in [-0.05, 0) is 24.6 Å². The fourth-order valence-electron chi connectivity index (χ4n) is 2.01. The number of carboxylic acids is 1. The maximum absolute atomic E-state index is 14.0. The number of halogens is 2. The normalized spacial score (nSPS) is 10.7. The number of carboxylic acid groups (broad SMARTS) is 1. The Morgan fingerprint density at radius 2 is 2.15 bits per heavy atom. The predicted molar refractivity (Wildman–Crippen MR) is 74.6 cm³/mol. The number of aromatic carboxylic acids is 1. The molecular weight excluding hydrogens is 331 g/mol. The van der Waals surface area contributed by atoms with Gasteiger partial charge in [0.05, 0.1) is 12.8 Å². The van der Waals surface area contributed by atoms with Crippen molar-refractivity contribution < 1.29 is 19.0 Å². The van der Waals surface area contributed by atoms with Crippen molar-refractivity contribution in [3.8, 4) is 17.0 Å². The van der Waals surface area contributed by atoms with Crippen LogP contribution in [-0.2, 0) is 7.05 Å². The van der Waals surface area contributed by atoms with Crippen LogP contribution >= 0.6 is 15.9 Å². The average Bonchev–Trinajstić information content (AvgIpc) is 2.75. The van der Waals surface area contributed by atoms with Gasteiger partial charge in [-0.3, -0.25) is 4.68 Å². The van der Waals surface area contributed by atoms with Crippen molar-refractivity contribution in [2.75, 3.05) is 7.11 Å². The van der Waals surface area contributed by atoms with Crippen molar-refractivity contribution in [1.29, 1.82) is 0 Å². The van der Waals surface area contributed by atoms with Gasteiger partial charge in [-0.15, -0.1) is 0 Å². The van der Waals surface area contributed by atoms with Gasteiger partial charge in [-0.1, -0.05) is 15.9 Å². The number of aromatic nitrogens is 2. The van der Waals surface area contributed by atoms with Gasteiger partial charge in [-0.25, -0.2) is 9.18 Å². The van der Waals surface area contributed by atoms with E-state index in [4.69, 9.17) is 9.84 Å². The summed E-state index contributed by atoms with van der Waals surface area (Å²) >= 11 is 3.28. The Labute approximate surface area is 123 Å². The summed E-state index contributed by atoms with van der Waals surface area (Å²) < 4.78 is 21.0. The average molecular weight is 343 g/mol. The highest BCUT2D eigenvalue weighted by Gasteiger charge is 2.21. The third-order valence-corrected chi connectivity index (χ3v) is 3.81. The number of aryl methyl sites for hydroxylation is 1. The van der Waals surface area contributed by atoms with E-state index in [1.807, 2.05) is 0 Å². The largest absolute Gasteiger partial charge is 0.493 e. The molecule has 1 aromatic heterocycles. The van der Waals surface area contributed by atoms with E-state index in [0.717, 1.165) is 5.56 Å². The monoisotopic (exact) mass is 342 g/mol. The molecule has 0 saturated carbocycles. The Balaban J connectivity index is 2.78. The second-order valence-corrected chi connectivity index (χ2v) is 5.07. The lowest BCUT2D eigenvalue weighted by Gasteiger charge is -2.14. The molecule has 0 radical (unpaired) electrons. The summed E-state index contributed by atoms with van der Waals surface area (Å²) in [5.74, 6) is -1.61. The van der Waals surface area contributed by atoms with Crippen LogP contribution in [0, 0.1) is 12.7 Å². The standard InChI is InChI=1S/C13H12BrFN2O3/c1-6-7(14)4-8(15)12(20-3)11(6)10-5-9(13(18)19)16-17(10)2/h4-5H,1-3H3,(H,18,19). The molecule has 7 heteroatoms. The fraction of sp³-hybridized carbons (Fsp3) is 0.231. The van der Waals surface area contributed by atoms with Crippen LogP contribution in [0.1, 0.15) is 16.1 Å². The van der Waals surface area contributed by atoms with Crippen molar-refractivity contribution >= 4 is 21.9 Å². The molecule has 0 saturated heterocycles. The van der Waals surface area contributed by atoms with Gasteiger partial charge in [0.15, 0.2) is 17.3 Å². The maximum atomic E-state index is 14.0. The topological polar surface area (TPSA) is 64.3 Å². The predicted octanol–water partition coefficient (Wildman–Crippen LogP) is 3.00. The fourth-order valence-corrected chi connectivity index (χ4v) is 2.41. The van der Waals surface area contributed by atoms with E-state index in [0.29, 0.717) is 15.7 Å². The lowest BCUT2D eigenvalue weighted by atomic mass is 10.0. The van der Waals surface area contributed by atoms with Crippen LogP contribution in [0.25, 0.3) is 11.3 Å². The first-order chi connectivity index (χ1) is 9.36. The molecule has 0 fully saturated rings. The highest BCUT2D eigenvalue weighted by atomic mass is 79.9. The number of hydrogen-bond donors (Lipinski definition) is 1. The van der Waals surface area contributed by atoms with Crippen LogP contribution in [0.2, 0.25) is 0 Å². The Morgan fingerprint density at radius 1 is 1.50 bits per heavy atom. The molecule has 0 bridgehead atoms. The molecule has 1 aromatic carbocycles. The molecule has 0 aliphatic carbocycles. The highest BCUT2D eigenvalue weighted by Crippen LogP contribution is 2.39. The van der Waals surface area contributed by atoms with Crippen molar-refractivity contribution in [3.63, 3.8) is 0 Å². The molecule has 5 nitrogen and oxygen atoms in total. The molecule has 0 atom stereocenters. The van der Waals surface area contributed by atoms with E-state index < -0.39 is 11.8 Å². The van der Waals surface area contributed by atoms with Crippen LogP contribution < -0.4 is 4.74 Å². The maximum Gasteiger partial charge on any atom is 0.356 e. The zero-order valence-electron chi connectivity index (χ0n) is 11.1. The number of nitrogens with zero attached hydrogens (tertiary/aromatic N) is 2. The molecular formula is C13H12BrFN2O3. The summed E-state index contributed by atoms with van der Waals surface area (Å²) in [4.78, 5) is 11.0. The first-order valence-corrected chi connectivity index (χ1v) is 6.46. The van der Waals surface area contributed by atoms with E-state index in [1.165, 1.54) is 23.9 Å². The molecule has 2 rings (SSSR count). The lowest BCUT2D eigenvalue weighted by Crippen LogP contribution is -2.01. The molecule has 20 heavy (non-hydrogen) atoms. The number of methoxy groups -OCH3 is 1. The quantitative estimate of drug-likeness (QED) is 0.931. The van der Waals surface area contributed by atoms with Gasteiger partial charge in [-0.2, -0.15) is 5.10 Å². The Hall–Kier alpha value is -1.89. The summed E-state index contributed by atoms with van der Waals surface area (Å²) in [5, 5.41) is 12.9. The summed E-state index contributed by atoms with van der Waals surface area (Å²) in [6.45, 7) is 1.79. The minimum absolute atomic E-state index is 0.0608. The summed E-state index contributed by atoms with van der Waals surface area (Å²) in [6, 6.07) is 2.70. The van der Waals surface area contributed by atoms with Crippen molar-refractivity contribution in [2.45, 2.75) is 6.92 Å². The van der Waals surface area contributed by atoms with Gasteiger partial charge < -0.3 is 9.84 Å². The van der Waals surface area contributed by atoms with Crippen molar-refractivity contribution in [2.24, 2.45) is 7.05 Å². The number of rotatable bonds is 3. The van der Waals surface area contributed by atoms with Gasteiger partial charge in [0.2, 0.25) is 0 Å². The lowest BCUT2D eigenvalue weighted by molar-refractivity contribution is 0.0689. The van der Waals surface area contributed by atoms with E-state index in [1.54, 1.807) is 14.0 Å². The third kappa shape index (κ3) is 2.29. The Bertz CT molecular complexity index is 697. The first kappa shape index (κ1) is 14.5. The van der Waals surface area contributed by atoms with E-state index >= 15 is 0 Å². The molecule has 0 unspecified atom stereocenters. The number of carbonyl (C=O) groups is 1. The SMILES string of the molecule is COc1c(F)cc(Br)c(C)c1-c1cc(C(=O)O)nn1C. The van der Waals surface area contributed by atoms with Crippen LogP contribution in [-0.4, -0.2) is 28.0 Å². The Kier molecular flexibility index (Phi) is 3.80. The van der Waals surface area contributed by atoms with Gasteiger partial charge in [0, 0.05) is 17.1 Å². The van der Waals surface area contributed by atoms with Crippen molar-refractivity contribution in [3.05, 3.63) is 33.7 Å². The smallest absolute Gasteiger partial charge is 0.356 e. The Morgan fingerprint density at radius 3 is 2.65 bits per heavy atom. The molecule has 2 aromatic rings. The van der Waals surface area contributed by atoms with E-state index in [-0.39, 0.29) is 11.4 Å². The zero-order valence-corrected chi connectivity index (χ0v) is 12.7. The van der Waals surface area contributed by atoms with Crippen LogP contribution in [0.3, 0.4) is 0 Å². The van der Waals surface area contributed by atoms with E-state index in [9.17, 15) is 9.18 Å². The number of benzene rings is 1. The molecule has 1 heterocycles. The zero-order chi connectivity index (χ0) is 15.0. The first-order valence-electron chi connectivity index (χ1n) is 5.67. The second kappa shape index (κ2) is 5.24.